The molecule has 0 N–H and O–H groups in total. The van der Waals surface area contributed by atoms with E-state index in [9.17, 15) is 14.4 Å². The van der Waals surface area contributed by atoms with Gasteiger partial charge in [-0.1, -0.05) is 31.4 Å². The van der Waals surface area contributed by atoms with Crippen molar-refractivity contribution in [2.45, 2.75) is 20.8 Å². The molecule has 0 atom stereocenters. The van der Waals surface area contributed by atoms with E-state index in [4.69, 9.17) is 23.7 Å². The van der Waals surface area contributed by atoms with Crippen molar-refractivity contribution in [1.29, 1.82) is 0 Å². The van der Waals surface area contributed by atoms with Crippen molar-refractivity contribution in [2.75, 3.05) is 26.4 Å². The number of rotatable bonds is 12. The zero-order valence-corrected chi connectivity index (χ0v) is 19.6. The van der Waals surface area contributed by atoms with Gasteiger partial charge >= 0.3 is 17.9 Å². The molecule has 0 aromatic heterocycles. The Labute approximate surface area is 198 Å². The van der Waals surface area contributed by atoms with Crippen LogP contribution in [0.1, 0.15) is 20.8 Å². The van der Waals surface area contributed by atoms with Gasteiger partial charge < -0.3 is 23.7 Å². The molecular formula is C26H28O8. The molecule has 0 saturated heterocycles. The van der Waals surface area contributed by atoms with Gasteiger partial charge in [0.2, 0.25) is 0 Å². The molecule has 0 aliphatic heterocycles. The van der Waals surface area contributed by atoms with E-state index in [0.29, 0.717) is 28.4 Å². The van der Waals surface area contributed by atoms with E-state index in [1.165, 1.54) is 6.92 Å². The van der Waals surface area contributed by atoms with Crippen molar-refractivity contribution in [3.05, 3.63) is 66.8 Å². The van der Waals surface area contributed by atoms with Gasteiger partial charge in [-0.2, -0.15) is 0 Å². The first-order valence-corrected chi connectivity index (χ1v) is 10.5. The van der Waals surface area contributed by atoms with E-state index in [-0.39, 0.29) is 26.4 Å². The van der Waals surface area contributed by atoms with Crippen LogP contribution in [0.2, 0.25) is 0 Å². The van der Waals surface area contributed by atoms with Crippen molar-refractivity contribution in [2.24, 2.45) is 0 Å². The molecule has 34 heavy (non-hydrogen) atoms. The molecule has 0 spiro atoms. The maximum atomic E-state index is 11.6. The summed E-state index contributed by atoms with van der Waals surface area (Å²) in [4.78, 5) is 34.2. The summed E-state index contributed by atoms with van der Waals surface area (Å²) in [5.74, 6) is -0.104. The third-order valence-corrected chi connectivity index (χ3v) is 4.24. The van der Waals surface area contributed by atoms with Crippen molar-refractivity contribution in [3.63, 3.8) is 0 Å². The molecule has 0 fully saturated rings. The first-order chi connectivity index (χ1) is 16.2. The van der Waals surface area contributed by atoms with Gasteiger partial charge in [0.25, 0.3) is 0 Å². The molecular weight excluding hydrogens is 440 g/mol. The minimum absolute atomic E-state index is 0.0304. The minimum atomic E-state index is -0.499. The third-order valence-electron chi connectivity index (χ3n) is 4.24. The Morgan fingerprint density at radius 2 is 1.18 bits per heavy atom. The Kier molecular flexibility index (Phi) is 9.89. The molecule has 2 aromatic rings. The lowest BCUT2D eigenvalue weighted by atomic mass is 10.0. The fourth-order valence-corrected chi connectivity index (χ4v) is 2.62. The molecule has 8 heteroatoms. The van der Waals surface area contributed by atoms with Gasteiger partial charge in [0.1, 0.15) is 32.2 Å². The number of esters is 3. The van der Waals surface area contributed by atoms with Crippen molar-refractivity contribution in [1.82, 2.24) is 0 Å². The van der Waals surface area contributed by atoms with Crippen LogP contribution >= 0.6 is 0 Å². The van der Waals surface area contributed by atoms with Gasteiger partial charge in [0.15, 0.2) is 11.5 Å². The standard InChI is InChI=1S/C26H28O8/c1-17(2)25(28)32-14-12-30-23-11-8-21(20-6-9-22(10-7-20)34-19(5)27)16-24(23)31-13-15-33-26(29)18(3)4/h6-11,16H,1,3,12-15H2,2,4-5H3. The summed E-state index contributed by atoms with van der Waals surface area (Å²) in [6.45, 7) is 11.8. The second kappa shape index (κ2) is 12.8. The number of hydrogen-bond acceptors (Lipinski definition) is 8. The summed E-state index contributed by atoms with van der Waals surface area (Å²) in [6, 6.07) is 12.3. The smallest absolute Gasteiger partial charge is 0.333 e. The number of carbonyl (C=O) groups excluding carboxylic acids is 3. The zero-order valence-electron chi connectivity index (χ0n) is 19.6. The molecule has 0 amide bonds. The Bertz CT molecular complexity index is 1050. The number of ether oxygens (including phenoxy) is 5. The van der Waals surface area contributed by atoms with Crippen LogP contribution in [0.4, 0.5) is 0 Å². The van der Waals surface area contributed by atoms with Crippen molar-refractivity contribution < 1.29 is 38.1 Å². The van der Waals surface area contributed by atoms with E-state index in [1.54, 1.807) is 38.1 Å². The summed E-state index contributed by atoms with van der Waals surface area (Å²) >= 11 is 0. The van der Waals surface area contributed by atoms with Gasteiger partial charge in [0.05, 0.1) is 0 Å². The molecule has 8 nitrogen and oxygen atoms in total. The molecule has 2 aromatic carbocycles. The second-order valence-corrected chi connectivity index (χ2v) is 7.31. The SMILES string of the molecule is C=C(C)C(=O)OCCOc1ccc(-c2ccc(OC(C)=O)cc2)cc1OCCOC(=O)C(=C)C. The lowest BCUT2D eigenvalue weighted by Gasteiger charge is -2.15. The van der Waals surface area contributed by atoms with Gasteiger partial charge in [-0.15, -0.1) is 0 Å². The van der Waals surface area contributed by atoms with E-state index >= 15 is 0 Å². The van der Waals surface area contributed by atoms with Crippen molar-refractivity contribution >= 4 is 17.9 Å². The lowest BCUT2D eigenvalue weighted by molar-refractivity contribution is -0.140. The molecule has 0 radical (unpaired) electrons. The molecule has 0 unspecified atom stereocenters. The fraction of sp³-hybridized carbons (Fsp3) is 0.269. The van der Waals surface area contributed by atoms with Crippen LogP contribution in [0, 0.1) is 0 Å². The topological polar surface area (TPSA) is 97.4 Å². The minimum Gasteiger partial charge on any atom is -0.486 e. The number of benzene rings is 2. The molecule has 0 bridgehead atoms. The fourth-order valence-electron chi connectivity index (χ4n) is 2.62. The summed E-state index contributed by atoms with van der Waals surface area (Å²) < 4.78 is 26.7. The van der Waals surface area contributed by atoms with Gasteiger partial charge in [-0.05, 0) is 49.2 Å². The molecule has 0 aliphatic rings. The molecule has 0 aliphatic carbocycles. The normalized spacial score (nSPS) is 10.1. The van der Waals surface area contributed by atoms with E-state index in [1.807, 2.05) is 18.2 Å². The highest BCUT2D eigenvalue weighted by Gasteiger charge is 2.11. The summed E-state index contributed by atoms with van der Waals surface area (Å²) in [5, 5.41) is 0. The van der Waals surface area contributed by atoms with Crippen LogP contribution in [0.5, 0.6) is 17.2 Å². The molecule has 0 saturated carbocycles. The summed E-state index contributed by atoms with van der Waals surface area (Å²) in [5.41, 5.74) is 2.28. The number of carbonyl (C=O) groups is 3. The predicted molar refractivity (Wildman–Crippen MR) is 126 cm³/mol. The Morgan fingerprint density at radius 3 is 1.68 bits per heavy atom. The first kappa shape index (κ1) is 26.2. The highest BCUT2D eigenvalue weighted by molar-refractivity contribution is 5.87. The number of hydrogen-bond donors (Lipinski definition) is 0. The van der Waals surface area contributed by atoms with Crippen molar-refractivity contribution in [3.8, 4) is 28.4 Å². The van der Waals surface area contributed by atoms with Gasteiger partial charge in [-0.3, -0.25) is 4.79 Å². The highest BCUT2D eigenvalue weighted by Crippen LogP contribution is 2.33. The van der Waals surface area contributed by atoms with Gasteiger partial charge in [-0.25, -0.2) is 9.59 Å². The van der Waals surface area contributed by atoms with Crippen LogP contribution < -0.4 is 14.2 Å². The average molecular weight is 469 g/mol. The quantitative estimate of drug-likeness (QED) is 0.197. The Balaban J connectivity index is 2.12. The van der Waals surface area contributed by atoms with Crippen LogP contribution in [-0.4, -0.2) is 44.3 Å². The maximum Gasteiger partial charge on any atom is 0.333 e. The van der Waals surface area contributed by atoms with Gasteiger partial charge in [0, 0.05) is 18.1 Å². The van der Waals surface area contributed by atoms with Crippen LogP contribution in [-0.2, 0) is 23.9 Å². The van der Waals surface area contributed by atoms with Crippen LogP contribution in [0.25, 0.3) is 11.1 Å². The first-order valence-electron chi connectivity index (χ1n) is 10.5. The summed E-state index contributed by atoms with van der Waals surface area (Å²) in [6.07, 6.45) is 0. The monoisotopic (exact) mass is 468 g/mol. The van der Waals surface area contributed by atoms with E-state index in [0.717, 1.165) is 11.1 Å². The average Bonchev–Trinajstić information content (AvgIpc) is 2.79. The van der Waals surface area contributed by atoms with Crippen LogP contribution in [0.3, 0.4) is 0 Å². The zero-order chi connectivity index (χ0) is 25.1. The molecule has 0 heterocycles. The van der Waals surface area contributed by atoms with E-state index in [2.05, 4.69) is 13.2 Å². The van der Waals surface area contributed by atoms with Crippen LogP contribution in [0.15, 0.2) is 66.8 Å². The summed E-state index contributed by atoms with van der Waals surface area (Å²) in [7, 11) is 0. The third kappa shape index (κ3) is 8.46. The molecule has 2 rings (SSSR count). The van der Waals surface area contributed by atoms with E-state index < -0.39 is 17.9 Å². The Morgan fingerprint density at radius 1 is 0.676 bits per heavy atom. The second-order valence-electron chi connectivity index (χ2n) is 7.31. The Hall–Kier alpha value is -4.07. The maximum absolute atomic E-state index is 11.6. The largest absolute Gasteiger partial charge is 0.486 e. The lowest BCUT2D eigenvalue weighted by Crippen LogP contribution is -2.14. The predicted octanol–water partition coefficient (Wildman–Crippen LogP) is 4.28. The highest BCUT2D eigenvalue weighted by atomic mass is 16.6. The molecule has 180 valence electrons.